The Kier molecular flexibility index (Phi) is 2.67. The van der Waals surface area contributed by atoms with E-state index in [2.05, 4.69) is 9.97 Å². The number of hydrogen-bond acceptors (Lipinski definition) is 3. The third-order valence-electron chi connectivity index (χ3n) is 3.42. The van der Waals surface area contributed by atoms with E-state index >= 15 is 0 Å². The molecule has 1 atom stereocenters. The number of fused-ring (bicyclic) bond motifs is 1. The predicted molar refractivity (Wildman–Crippen MR) is 69.4 cm³/mol. The van der Waals surface area contributed by atoms with Crippen LogP contribution in [0.4, 0.5) is 0 Å². The molecule has 1 aliphatic rings. The van der Waals surface area contributed by atoms with E-state index in [4.69, 9.17) is 0 Å². The maximum atomic E-state index is 11.5. The third-order valence-corrected chi connectivity index (χ3v) is 3.42. The maximum absolute atomic E-state index is 11.5. The Hall–Kier alpha value is -2.43. The molecule has 0 saturated heterocycles. The zero-order valence-corrected chi connectivity index (χ0v) is 10.1. The van der Waals surface area contributed by atoms with Crippen LogP contribution in [0.25, 0.3) is 16.6 Å². The van der Waals surface area contributed by atoms with Gasteiger partial charge in [0.1, 0.15) is 0 Å². The minimum absolute atomic E-state index is 0.0165. The van der Waals surface area contributed by atoms with Gasteiger partial charge in [-0.05, 0) is 35.8 Å². The lowest BCUT2D eigenvalue weighted by atomic mass is 9.83. The lowest BCUT2D eigenvalue weighted by Gasteiger charge is -2.20. The zero-order chi connectivity index (χ0) is 13.4. The highest BCUT2D eigenvalue weighted by atomic mass is 16.4. The summed E-state index contributed by atoms with van der Waals surface area (Å²) in [5.74, 6) is -1.52. The van der Waals surface area contributed by atoms with Crippen LogP contribution in [0.15, 0.2) is 30.6 Å². The van der Waals surface area contributed by atoms with Gasteiger partial charge >= 0.3 is 5.97 Å². The second-order valence-electron chi connectivity index (χ2n) is 4.63. The number of benzene rings is 1. The largest absolute Gasteiger partial charge is 0.481 e. The molecule has 0 amide bonds. The number of ketones is 1. The van der Waals surface area contributed by atoms with Crippen molar-refractivity contribution in [1.29, 1.82) is 0 Å². The molecular weight excluding hydrogens is 244 g/mol. The van der Waals surface area contributed by atoms with Gasteiger partial charge in [0.25, 0.3) is 0 Å². The van der Waals surface area contributed by atoms with E-state index in [1.54, 1.807) is 6.33 Å². The fourth-order valence-corrected chi connectivity index (χ4v) is 2.44. The van der Waals surface area contributed by atoms with E-state index in [0.717, 1.165) is 16.6 Å². The van der Waals surface area contributed by atoms with Gasteiger partial charge in [-0.25, -0.2) is 4.98 Å². The molecule has 1 aromatic heterocycles. The van der Waals surface area contributed by atoms with Crippen LogP contribution in [0.3, 0.4) is 0 Å². The van der Waals surface area contributed by atoms with Crippen molar-refractivity contribution in [2.75, 3.05) is 0 Å². The average Bonchev–Trinajstić information content (AvgIpc) is 2.85. The number of nitrogens with one attached hydrogen (secondary N) is 1. The summed E-state index contributed by atoms with van der Waals surface area (Å²) in [7, 11) is 0. The van der Waals surface area contributed by atoms with Crippen LogP contribution >= 0.6 is 0 Å². The lowest BCUT2D eigenvalue weighted by molar-refractivity contribution is -0.140. The molecule has 19 heavy (non-hydrogen) atoms. The number of nitrogens with zero attached hydrogens (tertiary/aromatic N) is 1. The minimum atomic E-state index is -0.886. The molecule has 5 heteroatoms. The van der Waals surface area contributed by atoms with E-state index < -0.39 is 11.9 Å². The van der Waals surface area contributed by atoms with Gasteiger partial charge in [-0.1, -0.05) is 6.07 Å². The first-order chi connectivity index (χ1) is 9.15. The first-order valence-electron chi connectivity index (χ1n) is 6.06. The molecule has 2 aromatic rings. The second-order valence-corrected chi connectivity index (χ2v) is 4.63. The van der Waals surface area contributed by atoms with Crippen LogP contribution in [0, 0.1) is 5.92 Å². The topological polar surface area (TPSA) is 83.0 Å². The summed E-state index contributed by atoms with van der Waals surface area (Å²) in [6.07, 6.45) is 3.71. The molecule has 0 fully saturated rings. The Morgan fingerprint density at radius 1 is 1.42 bits per heavy atom. The van der Waals surface area contributed by atoms with Crippen LogP contribution in [-0.4, -0.2) is 26.8 Å². The van der Waals surface area contributed by atoms with Crippen molar-refractivity contribution in [1.82, 2.24) is 9.97 Å². The fourth-order valence-electron chi connectivity index (χ4n) is 2.44. The summed E-state index contributed by atoms with van der Waals surface area (Å²) >= 11 is 0. The van der Waals surface area contributed by atoms with Gasteiger partial charge in [0.15, 0.2) is 5.78 Å². The fraction of sp³-hybridized carbons (Fsp3) is 0.214. The second kappa shape index (κ2) is 4.35. The molecule has 0 saturated carbocycles. The number of allylic oxidation sites excluding steroid dienone is 1. The van der Waals surface area contributed by atoms with Crippen molar-refractivity contribution in [3.8, 4) is 0 Å². The molecule has 1 heterocycles. The molecule has 3 rings (SSSR count). The molecule has 0 aliphatic heterocycles. The first-order valence-corrected chi connectivity index (χ1v) is 6.06. The first kappa shape index (κ1) is 11.6. The molecule has 0 spiro atoms. The monoisotopic (exact) mass is 256 g/mol. The van der Waals surface area contributed by atoms with Crippen molar-refractivity contribution < 1.29 is 14.7 Å². The number of aliphatic carboxylic acids is 1. The van der Waals surface area contributed by atoms with Gasteiger partial charge in [0.05, 0.1) is 23.3 Å². The Balaban J connectivity index is 2.10. The number of H-pyrrole nitrogens is 1. The highest BCUT2D eigenvalue weighted by molar-refractivity contribution is 6.03. The van der Waals surface area contributed by atoms with E-state index in [9.17, 15) is 14.7 Å². The zero-order valence-electron chi connectivity index (χ0n) is 10.1. The molecule has 1 aliphatic carbocycles. The van der Waals surface area contributed by atoms with Crippen LogP contribution < -0.4 is 0 Å². The Bertz CT molecular complexity index is 700. The molecule has 0 radical (unpaired) electrons. The van der Waals surface area contributed by atoms with Gasteiger partial charge in [-0.3, -0.25) is 9.59 Å². The summed E-state index contributed by atoms with van der Waals surface area (Å²) in [5, 5.41) is 9.26. The summed E-state index contributed by atoms with van der Waals surface area (Å²) in [6, 6.07) is 5.46. The number of hydrogen-bond donors (Lipinski definition) is 2. The van der Waals surface area contributed by atoms with E-state index in [1.165, 1.54) is 6.08 Å². The SMILES string of the molecule is O=C1C=C(c2ccc3nc[nH]c3c2)C(C(=O)O)CC1. The quantitative estimate of drug-likeness (QED) is 0.861. The van der Waals surface area contributed by atoms with Crippen LogP contribution in [0.2, 0.25) is 0 Å². The lowest BCUT2D eigenvalue weighted by Crippen LogP contribution is -2.21. The van der Waals surface area contributed by atoms with Crippen LogP contribution in [0.1, 0.15) is 18.4 Å². The normalized spacial score (nSPS) is 19.5. The Morgan fingerprint density at radius 3 is 3.05 bits per heavy atom. The smallest absolute Gasteiger partial charge is 0.311 e. The molecule has 1 unspecified atom stereocenters. The van der Waals surface area contributed by atoms with Crippen molar-refractivity contribution in [3.63, 3.8) is 0 Å². The number of rotatable bonds is 2. The van der Waals surface area contributed by atoms with Crippen LogP contribution in [0.5, 0.6) is 0 Å². The van der Waals surface area contributed by atoms with Crippen molar-refractivity contribution >= 4 is 28.4 Å². The Morgan fingerprint density at radius 2 is 2.26 bits per heavy atom. The summed E-state index contributed by atoms with van der Waals surface area (Å²) in [5.41, 5.74) is 3.00. The minimum Gasteiger partial charge on any atom is -0.481 e. The molecule has 96 valence electrons. The van der Waals surface area contributed by atoms with Crippen molar-refractivity contribution in [2.24, 2.45) is 5.92 Å². The van der Waals surface area contributed by atoms with Gasteiger partial charge < -0.3 is 10.1 Å². The van der Waals surface area contributed by atoms with Gasteiger partial charge in [0, 0.05) is 6.42 Å². The standard InChI is InChI=1S/C14H12N2O3/c17-9-2-3-10(14(18)19)11(6-9)8-1-4-12-13(5-8)16-7-15-12/h1,4-7,10H,2-3H2,(H,15,16)(H,18,19). The van der Waals surface area contributed by atoms with E-state index in [1.807, 2.05) is 18.2 Å². The highest BCUT2D eigenvalue weighted by Gasteiger charge is 2.28. The van der Waals surface area contributed by atoms with Gasteiger partial charge in [-0.15, -0.1) is 0 Å². The number of aromatic nitrogens is 2. The molecule has 5 nitrogen and oxygen atoms in total. The highest BCUT2D eigenvalue weighted by Crippen LogP contribution is 2.32. The number of carbonyl (C=O) groups is 2. The van der Waals surface area contributed by atoms with Gasteiger partial charge in [-0.2, -0.15) is 0 Å². The maximum Gasteiger partial charge on any atom is 0.311 e. The van der Waals surface area contributed by atoms with E-state index in [0.29, 0.717) is 18.4 Å². The van der Waals surface area contributed by atoms with Crippen LogP contribution in [-0.2, 0) is 9.59 Å². The number of imidazole rings is 1. The van der Waals surface area contributed by atoms with E-state index in [-0.39, 0.29) is 5.78 Å². The van der Waals surface area contributed by atoms with Gasteiger partial charge in [0.2, 0.25) is 0 Å². The predicted octanol–water partition coefficient (Wildman–Crippen LogP) is 2.01. The Labute approximate surface area is 109 Å². The molecule has 0 bridgehead atoms. The number of carboxylic acids is 1. The number of aromatic amines is 1. The summed E-state index contributed by atoms with van der Waals surface area (Å²) < 4.78 is 0. The molecule has 2 N–H and O–H groups in total. The van der Waals surface area contributed by atoms with Crippen molar-refractivity contribution in [2.45, 2.75) is 12.8 Å². The number of carboxylic acid groups (broad SMARTS) is 1. The summed E-state index contributed by atoms with van der Waals surface area (Å²) in [6.45, 7) is 0. The average molecular weight is 256 g/mol. The summed E-state index contributed by atoms with van der Waals surface area (Å²) in [4.78, 5) is 29.9. The molecule has 1 aromatic carbocycles. The number of carbonyl (C=O) groups excluding carboxylic acids is 1. The molecular formula is C14H12N2O3. The van der Waals surface area contributed by atoms with Crippen molar-refractivity contribution in [3.05, 3.63) is 36.2 Å². The third kappa shape index (κ3) is 2.03.